The van der Waals surface area contributed by atoms with Crippen LogP contribution >= 0.6 is 0 Å². The van der Waals surface area contributed by atoms with Crippen LogP contribution in [0.15, 0.2) is 18.2 Å². The molecule has 18 heavy (non-hydrogen) atoms. The first-order valence-corrected chi connectivity index (χ1v) is 6.24. The number of nitrogens with zero attached hydrogens (tertiary/aromatic N) is 1. The molecule has 1 aliphatic carbocycles. The Morgan fingerprint density at radius 2 is 2.17 bits per heavy atom. The molecule has 0 unspecified atom stereocenters. The molecule has 1 saturated carbocycles. The molecule has 2 N–H and O–H groups in total. The minimum absolute atomic E-state index is 0.118. The highest BCUT2D eigenvalue weighted by atomic mass is 19.1. The van der Waals surface area contributed by atoms with Crippen molar-refractivity contribution in [3.05, 3.63) is 35.1 Å². The summed E-state index contributed by atoms with van der Waals surface area (Å²) in [4.78, 5) is 13.9. The van der Waals surface area contributed by atoms with Crippen molar-refractivity contribution in [3.63, 3.8) is 0 Å². The molecule has 0 bridgehead atoms. The minimum atomic E-state index is -0.372. The Hall–Kier alpha value is -1.42. The number of nitrogens with two attached hydrogens (primary N) is 1. The van der Waals surface area contributed by atoms with E-state index in [0.717, 1.165) is 18.4 Å². The number of aryl methyl sites for hydroxylation is 1. The highest BCUT2D eigenvalue weighted by Gasteiger charge is 2.28. The van der Waals surface area contributed by atoms with E-state index in [1.807, 2.05) is 6.92 Å². The van der Waals surface area contributed by atoms with E-state index in [1.54, 1.807) is 18.0 Å². The van der Waals surface area contributed by atoms with Crippen molar-refractivity contribution in [3.8, 4) is 0 Å². The highest BCUT2D eigenvalue weighted by molar-refractivity contribution is 5.95. The summed E-state index contributed by atoms with van der Waals surface area (Å²) in [6.07, 6.45) is 1.94. The second kappa shape index (κ2) is 5.06. The fraction of sp³-hybridized carbons (Fsp3) is 0.500. The largest absolute Gasteiger partial charge is 0.341 e. The fourth-order valence-corrected chi connectivity index (χ4v) is 2.44. The van der Waals surface area contributed by atoms with Crippen molar-refractivity contribution in [2.75, 3.05) is 13.6 Å². The zero-order chi connectivity index (χ0) is 13.3. The number of hydrogen-bond acceptors (Lipinski definition) is 2. The van der Waals surface area contributed by atoms with Gasteiger partial charge in [0.05, 0.1) is 0 Å². The summed E-state index contributed by atoms with van der Waals surface area (Å²) < 4.78 is 13.2. The first kappa shape index (κ1) is 13.0. The summed E-state index contributed by atoms with van der Waals surface area (Å²) in [5.41, 5.74) is 6.97. The number of halogens is 1. The third-order valence-corrected chi connectivity index (χ3v) is 3.58. The Morgan fingerprint density at radius 3 is 2.78 bits per heavy atom. The van der Waals surface area contributed by atoms with E-state index in [9.17, 15) is 9.18 Å². The van der Waals surface area contributed by atoms with Gasteiger partial charge in [0, 0.05) is 25.2 Å². The van der Waals surface area contributed by atoms with Gasteiger partial charge in [0.1, 0.15) is 5.82 Å². The molecule has 1 aromatic carbocycles. The maximum atomic E-state index is 13.2. The van der Waals surface area contributed by atoms with Crippen LogP contribution in [0.25, 0.3) is 0 Å². The van der Waals surface area contributed by atoms with E-state index in [2.05, 4.69) is 0 Å². The van der Waals surface area contributed by atoms with Gasteiger partial charge in [0.15, 0.2) is 0 Å². The van der Waals surface area contributed by atoms with Gasteiger partial charge in [-0.1, -0.05) is 6.07 Å². The molecule has 0 saturated heterocycles. The van der Waals surface area contributed by atoms with Crippen molar-refractivity contribution in [2.45, 2.75) is 25.8 Å². The van der Waals surface area contributed by atoms with E-state index in [0.29, 0.717) is 18.0 Å². The molecule has 0 aromatic heterocycles. The van der Waals surface area contributed by atoms with Crippen LogP contribution in [-0.4, -0.2) is 30.4 Å². The Kier molecular flexibility index (Phi) is 3.66. The molecule has 3 nitrogen and oxygen atoms in total. The van der Waals surface area contributed by atoms with E-state index in [-0.39, 0.29) is 17.8 Å². The van der Waals surface area contributed by atoms with E-state index in [1.165, 1.54) is 12.1 Å². The molecular formula is C14H19FN2O. The molecule has 0 atom stereocenters. The monoisotopic (exact) mass is 250 g/mol. The molecule has 0 spiro atoms. The molecule has 0 radical (unpaired) electrons. The summed E-state index contributed by atoms with van der Waals surface area (Å²) in [5.74, 6) is -0.00157. The summed E-state index contributed by atoms with van der Waals surface area (Å²) >= 11 is 0. The van der Waals surface area contributed by atoms with Gasteiger partial charge in [0.25, 0.3) is 5.91 Å². The zero-order valence-corrected chi connectivity index (χ0v) is 10.8. The number of hydrogen-bond donors (Lipinski definition) is 1. The summed E-state index contributed by atoms with van der Waals surface area (Å²) in [5, 5.41) is 0. The SMILES string of the molecule is Cc1ccc(F)cc1C(=O)N(C)CC1CC(N)C1. The minimum Gasteiger partial charge on any atom is -0.341 e. The number of rotatable bonds is 3. The first-order valence-electron chi connectivity index (χ1n) is 6.24. The molecule has 4 heteroatoms. The Labute approximate surface area is 107 Å². The molecule has 1 aliphatic rings. The van der Waals surface area contributed by atoms with Gasteiger partial charge in [0.2, 0.25) is 0 Å². The molecule has 0 aliphatic heterocycles. The Morgan fingerprint density at radius 1 is 1.50 bits per heavy atom. The van der Waals surface area contributed by atoms with Gasteiger partial charge < -0.3 is 10.6 Å². The molecule has 1 aromatic rings. The van der Waals surface area contributed by atoms with Crippen LogP contribution in [0.4, 0.5) is 4.39 Å². The zero-order valence-electron chi connectivity index (χ0n) is 10.8. The molecule has 0 heterocycles. The molecule has 1 fully saturated rings. The second-order valence-corrected chi connectivity index (χ2v) is 5.24. The predicted octanol–water partition coefficient (Wildman–Crippen LogP) is 1.94. The quantitative estimate of drug-likeness (QED) is 0.891. The van der Waals surface area contributed by atoms with Crippen molar-refractivity contribution in [2.24, 2.45) is 11.7 Å². The van der Waals surface area contributed by atoms with Gasteiger partial charge in [-0.2, -0.15) is 0 Å². The lowest BCUT2D eigenvalue weighted by atomic mass is 9.80. The van der Waals surface area contributed by atoms with Crippen LogP contribution in [0, 0.1) is 18.7 Å². The smallest absolute Gasteiger partial charge is 0.253 e. The van der Waals surface area contributed by atoms with Gasteiger partial charge in [-0.05, 0) is 43.4 Å². The van der Waals surface area contributed by atoms with Crippen LogP contribution in [0.5, 0.6) is 0 Å². The van der Waals surface area contributed by atoms with Crippen molar-refractivity contribution in [1.29, 1.82) is 0 Å². The van der Waals surface area contributed by atoms with Gasteiger partial charge in [-0.25, -0.2) is 4.39 Å². The standard InChI is InChI=1S/C14H19FN2O/c1-9-3-4-11(15)7-13(9)14(18)17(2)8-10-5-12(16)6-10/h3-4,7,10,12H,5-6,8,16H2,1-2H3. The molecule has 1 amide bonds. The summed E-state index contributed by atoms with van der Waals surface area (Å²) in [7, 11) is 1.76. The van der Waals surface area contributed by atoms with Crippen molar-refractivity contribution < 1.29 is 9.18 Å². The van der Waals surface area contributed by atoms with Gasteiger partial charge in [-0.15, -0.1) is 0 Å². The number of carbonyl (C=O) groups excluding carboxylic acids is 1. The lowest BCUT2D eigenvalue weighted by Crippen LogP contribution is -2.43. The van der Waals surface area contributed by atoms with Crippen LogP contribution in [-0.2, 0) is 0 Å². The van der Waals surface area contributed by atoms with Crippen LogP contribution < -0.4 is 5.73 Å². The fourth-order valence-electron chi connectivity index (χ4n) is 2.44. The van der Waals surface area contributed by atoms with Crippen LogP contribution in [0.2, 0.25) is 0 Å². The molecule has 2 rings (SSSR count). The second-order valence-electron chi connectivity index (χ2n) is 5.24. The normalized spacial score (nSPS) is 22.4. The van der Waals surface area contributed by atoms with E-state index < -0.39 is 0 Å². The summed E-state index contributed by atoms with van der Waals surface area (Å²) in [6.45, 7) is 2.52. The predicted molar refractivity (Wildman–Crippen MR) is 68.8 cm³/mol. The maximum absolute atomic E-state index is 13.2. The van der Waals surface area contributed by atoms with E-state index in [4.69, 9.17) is 5.73 Å². The lowest BCUT2D eigenvalue weighted by molar-refractivity contribution is 0.0733. The average molecular weight is 250 g/mol. The maximum Gasteiger partial charge on any atom is 0.253 e. The van der Waals surface area contributed by atoms with Gasteiger partial charge >= 0.3 is 0 Å². The van der Waals surface area contributed by atoms with E-state index >= 15 is 0 Å². The topological polar surface area (TPSA) is 46.3 Å². The lowest BCUT2D eigenvalue weighted by Gasteiger charge is -2.35. The number of amides is 1. The van der Waals surface area contributed by atoms with Crippen molar-refractivity contribution in [1.82, 2.24) is 4.90 Å². The third kappa shape index (κ3) is 2.70. The van der Waals surface area contributed by atoms with Crippen molar-refractivity contribution >= 4 is 5.91 Å². The number of benzene rings is 1. The first-order chi connectivity index (χ1) is 8.47. The third-order valence-electron chi connectivity index (χ3n) is 3.58. The van der Waals surface area contributed by atoms with Crippen LogP contribution in [0.3, 0.4) is 0 Å². The average Bonchev–Trinajstić information content (AvgIpc) is 2.29. The summed E-state index contributed by atoms with van der Waals surface area (Å²) in [6, 6.07) is 4.60. The van der Waals surface area contributed by atoms with Gasteiger partial charge in [-0.3, -0.25) is 4.79 Å². The molecular weight excluding hydrogens is 231 g/mol. The Bertz CT molecular complexity index is 455. The Balaban J connectivity index is 2.03. The highest BCUT2D eigenvalue weighted by Crippen LogP contribution is 2.26. The number of carbonyl (C=O) groups is 1. The molecule has 98 valence electrons. The van der Waals surface area contributed by atoms with Crippen LogP contribution in [0.1, 0.15) is 28.8 Å².